The monoisotopic (exact) mass is 273 g/mol. The lowest BCUT2D eigenvalue weighted by Crippen LogP contribution is -2.57. The van der Waals surface area contributed by atoms with E-state index in [-0.39, 0.29) is 0 Å². The third kappa shape index (κ3) is 1.67. The van der Waals surface area contributed by atoms with Gasteiger partial charge in [-0.2, -0.15) is 0 Å². The Kier molecular flexibility index (Phi) is 2.99. The first kappa shape index (κ1) is 12.9. The number of nitrogens with zero attached hydrogens (tertiary/aromatic N) is 1. The highest BCUT2D eigenvalue weighted by Gasteiger charge is 2.53. The van der Waals surface area contributed by atoms with Crippen LogP contribution in [0.2, 0.25) is 0 Å². The van der Waals surface area contributed by atoms with Gasteiger partial charge in [0.05, 0.1) is 12.9 Å². The molecule has 20 heavy (non-hydrogen) atoms. The highest BCUT2D eigenvalue weighted by molar-refractivity contribution is 5.42. The third-order valence-corrected chi connectivity index (χ3v) is 6.65. The van der Waals surface area contributed by atoms with Crippen molar-refractivity contribution in [2.24, 2.45) is 11.3 Å². The largest absolute Gasteiger partial charge is 0.501 e. The summed E-state index contributed by atoms with van der Waals surface area (Å²) in [7, 11) is 4.20. The minimum Gasteiger partial charge on any atom is -0.501 e. The summed E-state index contributed by atoms with van der Waals surface area (Å²) in [5.74, 6) is 2.13. The van der Waals surface area contributed by atoms with E-state index >= 15 is 0 Å². The summed E-state index contributed by atoms with van der Waals surface area (Å²) < 4.78 is 5.59. The molecule has 4 rings (SSSR count). The maximum absolute atomic E-state index is 5.59. The fraction of sp³-hybridized carbons (Fsp3) is 0.778. The lowest BCUT2D eigenvalue weighted by Gasteiger charge is -2.59. The average molecular weight is 273 g/mol. The van der Waals surface area contributed by atoms with Crippen molar-refractivity contribution in [3.8, 4) is 0 Å². The van der Waals surface area contributed by atoms with Crippen LogP contribution in [0.25, 0.3) is 0 Å². The summed E-state index contributed by atoms with van der Waals surface area (Å²) in [5, 5.41) is 0. The predicted molar refractivity (Wildman–Crippen MR) is 81.4 cm³/mol. The van der Waals surface area contributed by atoms with Crippen LogP contribution in [0.4, 0.5) is 0 Å². The van der Waals surface area contributed by atoms with Crippen LogP contribution in [0.15, 0.2) is 23.0 Å². The Bertz CT molecular complexity index is 478. The maximum Gasteiger partial charge on any atom is 0.0961 e. The minimum atomic E-state index is 0.507. The van der Waals surface area contributed by atoms with E-state index in [1.54, 1.807) is 11.1 Å². The molecular weight excluding hydrogens is 246 g/mol. The van der Waals surface area contributed by atoms with Crippen molar-refractivity contribution in [1.29, 1.82) is 0 Å². The van der Waals surface area contributed by atoms with Crippen molar-refractivity contribution >= 4 is 0 Å². The normalized spacial score (nSPS) is 40.8. The van der Waals surface area contributed by atoms with E-state index in [4.69, 9.17) is 4.74 Å². The number of ether oxygens (including phenoxy) is 1. The molecule has 0 spiro atoms. The molecule has 2 bridgehead atoms. The van der Waals surface area contributed by atoms with Gasteiger partial charge in [-0.3, -0.25) is 0 Å². The first-order chi connectivity index (χ1) is 9.74. The zero-order chi connectivity index (χ0) is 13.7. The fourth-order valence-corrected chi connectivity index (χ4v) is 5.62. The second-order valence-electron chi connectivity index (χ2n) is 7.34. The fourth-order valence-electron chi connectivity index (χ4n) is 5.62. The molecule has 0 aromatic heterocycles. The smallest absolute Gasteiger partial charge is 0.0961 e. The first-order valence-corrected chi connectivity index (χ1v) is 8.42. The molecule has 0 aromatic carbocycles. The summed E-state index contributed by atoms with van der Waals surface area (Å²) in [6.07, 6.45) is 13.2. The molecule has 3 unspecified atom stereocenters. The number of allylic oxidation sites excluding steroid dienone is 3. The van der Waals surface area contributed by atoms with Gasteiger partial charge >= 0.3 is 0 Å². The average Bonchev–Trinajstić information content (AvgIpc) is 2.50. The van der Waals surface area contributed by atoms with Crippen LogP contribution in [0, 0.1) is 11.3 Å². The predicted octanol–water partition coefficient (Wildman–Crippen LogP) is 3.89. The van der Waals surface area contributed by atoms with Gasteiger partial charge in [-0.25, -0.2) is 0 Å². The van der Waals surface area contributed by atoms with Gasteiger partial charge in [0, 0.05) is 17.9 Å². The van der Waals surface area contributed by atoms with Gasteiger partial charge in [0.1, 0.15) is 0 Å². The summed E-state index contributed by atoms with van der Waals surface area (Å²) in [6, 6.07) is 0.820. The molecule has 2 fully saturated rings. The summed E-state index contributed by atoms with van der Waals surface area (Å²) >= 11 is 0. The highest BCUT2D eigenvalue weighted by atomic mass is 16.5. The van der Waals surface area contributed by atoms with Crippen LogP contribution >= 0.6 is 0 Å². The minimum absolute atomic E-state index is 0.507. The molecule has 0 radical (unpaired) electrons. The molecule has 1 saturated carbocycles. The molecule has 3 aliphatic carbocycles. The number of hydrogen-bond donors (Lipinski definition) is 0. The Hall–Kier alpha value is -0.760. The summed E-state index contributed by atoms with van der Waals surface area (Å²) in [6.45, 7) is 1.29. The molecule has 0 aromatic rings. The number of hydrogen-bond acceptors (Lipinski definition) is 2. The van der Waals surface area contributed by atoms with E-state index < -0.39 is 0 Å². The number of piperidine rings is 1. The molecule has 110 valence electrons. The summed E-state index contributed by atoms with van der Waals surface area (Å²) in [5.41, 5.74) is 3.99. The maximum atomic E-state index is 5.59. The van der Waals surface area contributed by atoms with Crippen LogP contribution < -0.4 is 0 Å². The molecule has 0 N–H and O–H groups in total. The Labute approximate surface area is 122 Å². The summed E-state index contributed by atoms with van der Waals surface area (Å²) in [4.78, 5) is 2.66. The van der Waals surface area contributed by atoms with E-state index in [9.17, 15) is 0 Å². The van der Waals surface area contributed by atoms with Gasteiger partial charge in [-0.05, 0) is 63.3 Å². The molecular formula is C18H27NO. The number of rotatable bonds is 1. The van der Waals surface area contributed by atoms with E-state index in [0.717, 1.165) is 18.4 Å². The standard InChI is InChI=1S/C18H27NO/c1-19-10-9-18-8-4-3-5-15(18)17(19)11-13-6-7-14(20-2)12-16(13)18/h12,15,17H,3-11H2,1-2H3. The van der Waals surface area contributed by atoms with Crippen molar-refractivity contribution in [2.45, 2.75) is 57.4 Å². The molecule has 3 atom stereocenters. The van der Waals surface area contributed by atoms with Gasteiger partial charge in [-0.1, -0.05) is 18.4 Å². The second kappa shape index (κ2) is 4.62. The molecule has 2 nitrogen and oxygen atoms in total. The highest BCUT2D eigenvalue weighted by Crippen LogP contribution is 2.60. The molecule has 1 saturated heterocycles. The van der Waals surface area contributed by atoms with E-state index in [1.807, 2.05) is 7.11 Å². The van der Waals surface area contributed by atoms with Gasteiger partial charge in [0.2, 0.25) is 0 Å². The van der Waals surface area contributed by atoms with Gasteiger partial charge in [0.25, 0.3) is 0 Å². The first-order valence-electron chi connectivity index (χ1n) is 8.42. The van der Waals surface area contributed by atoms with E-state index in [1.165, 1.54) is 57.2 Å². The van der Waals surface area contributed by atoms with E-state index in [2.05, 4.69) is 18.0 Å². The second-order valence-corrected chi connectivity index (χ2v) is 7.34. The van der Waals surface area contributed by atoms with Crippen LogP contribution in [0.3, 0.4) is 0 Å². The van der Waals surface area contributed by atoms with Crippen molar-refractivity contribution in [1.82, 2.24) is 4.90 Å². The number of methoxy groups -OCH3 is 1. The SMILES string of the molecule is COC1=CC2=C(CC1)CC1C3CCCCC23CCN1C. The Balaban J connectivity index is 1.82. The molecule has 1 aliphatic heterocycles. The van der Waals surface area contributed by atoms with Crippen molar-refractivity contribution in [2.75, 3.05) is 20.7 Å². The van der Waals surface area contributed by atoms with Crippen LogP contribution in [-0.2, 0) is 4.74 Å². The van der Waals surface area contributed by atoms with Gasteiger partial charge in [0.15, 0.2) is 0 Å². The van der Waals surface area contributed by atoms with E-state index in [0.29, 0.717) is 5.41 Å². The molecule has 1 heterocycles. The molecule has 0 amide bonds. The molecule has 4 aliphatic rings. The lowest BCUT2D eigenvalue weighted by molar-refractivity contribution is -0.0234. The van der Waals surface area contributed by atoms with Crippen molar-refractivity contribution in [3.05, 3.63) is 23.0 Å². The Morgan fingerprint density at radius 1 is 1.25 bits per heavy atom. The van der Waals surface area contributed by atoms with Crippen molar-refractivity contribution in [3.63, 3.8) is 0 Å². The Morgan fingerprint density at radius 3 is 3.00 bits per heavy atom. The third-order valence-electron chi connectivity index (χ3n) is 6.65. The van der Waals surface area contributed by atoms with Crippen molar-refractivity contribution < 1.29 is 4.74 Å². The quantitative estimate of drug-likeness (QED) is 0.718. The van der Waals surface area contributed by atoms with Gasteiger partial charge in [-0.15, -0.1) is 0 Å². The Morgan fingerprint density at radius 2 is 2.15 bits per heavy atom. The number of likely N-dealkylation sites (tertiary alicyclic amines) is 1. The van der Waals surface area contributed by atoms with Crippen LogP contribution in [0.5, 0.6) is 0 Å². The zero-order valence-corrected chi connectivity index (χ0v) is 13.0. The zero-order valence-electron chi connectivity index (χ0n) is 13.0. The topological polar surface area (TPSA) is 12.5 Å². The van der Waals surface area contributed by atoms with Gasteiger partial charge < -0.3 is 9.64 Å². The van der Waals surface area contributed by atoms with Crippen LogP contribution in [-0.4, -0.2) is 31.6 Å². The lowest BCUT2D eigenvalue weighted by atomic mass is 9.51. The molecule has 2 heteroatoms. The van der Waals surface area contributed by atoms with Crippen LogP contribution in [0.1, 0.15) is 51.4 Å².